The molecule has 1 heteroatoms. The van der Waals surface area contributed by atoms with Crippen LogP contribution in [0.4, 0.5) is 0 Å². The molecule has 0 aliphatic rings. The van der Waals surface area contributed by atoms with E-state index in [4.69, 9.17) is 5.73 Å². The van der Waals surface area contributed by atoms with E-state index in [0.29, 0.717) is 5.92 Å². The number of nitrogens with two attached hydrogens (primary N) is 1. The maximum atomic E-state index is 5.47. The van der Waals surface area contributed by atoms with Crippen molar-refractivity contribution in [1.29, 1.82) is 0 Å². The molecule has 0 amide bonds. The highest BCUT2D eigenvalue weighted by Crippen LogP contribution is 2.15. The van der Waals surface area contributed by atoms with Crippen molar-refractivity contribution in [2.45, 2.75) is 33.6 Å². The van der Waals surface area contributed by atoms with Gasteiger partial charge >= 0.3 is 0 Å². The van der Waals surface area contributed by atoms with Gasteiger partial charge in [-0.3, -0.25) is 0 Å². The summed E-state index contributed by atoms with van der Waals surface area (Å²) in [5.41, 5.74) is 6.29. The SMILES string of the molecule is C=C(N)CC(C)CC(C)C. The molecule has 0 heterocycles. The summed E-state index contributed by atoms with van der Waals surface area (Å²) in [5.74, 6) is 1.46. The topological polar surface area (TPSA) is 26.0 Å². The molecular weight excluding hydrogens is 122 g/mol. The van der Waals surface area contributed by atoms with E-state index in [1.54, 1.807) is 0 Å². The third kappa shape index (κ3) is 5.67. The molecule has 2 N–H and O–H groups in total. The Morgan fingerprint density at radius 1 is 1.40 bits per heavy atom. The molecule has 0 fully saturated rings. The Morgan fingerprint density at radius 2 is 1.90 bits per heavy atom. The molecule has 1 unspecified atom stereocenters. The molecule has 10 heavy (non-hydrogen) atoms. The molecule has 60 valence electrons. The predicted octanol–water partition coefficient (Wildman–Crippen LogP) is 2.53. The Kier molecular flexibility index (Phi) is 4.17. The van der Waals surface area contributed by atoms with Gasteiger partial charge in [-0.2, -0.15) is 0 Å². The maximum Gasteiger partial charge on any atom is 0.00101 e. The summed E-state index contributed by atoms with van der Waals surface area (Å²) >= 11 is 0. The molecule has 1 atom stereocenters. The first-order valence-corrected chi connectivity index (χ1v) is 3.95. The van der Waals surface area contributed by atoms with E-state index in [2.05, 4.69) is 27.4 Å². The fourth-order valence-corrected chi connectivity index (χ4v) is 1.34. The summed E-state index contributed by atoms with van der Waals surface area (Å²) in [6.07, 6.45) is 2.22. The van der Waals surface area contributed by atoms with Gasteiger partial charge in [0, 0.05) is 5.70 Å². The molecule has 0 spiro atoms. The van der Waals surface area contributed by atoms with Crippen molar-refractivity contribution in [3.8, 4) is 0 Å². The fraction of sp³-hybridized carbons (Fsp3) is 0.778. The van der Waals surface area contributed by atoms with Crippen LogP contribution in [0.2, 0.25) is 0 Å². The number of hydrogen-bond donors (Lipinski definition) is 1. The van der Waals surface area contributed by atoms with Gasteiger partial charge in [0.25, 0.3) is 0 Å². The van der Waals surface area contributed by atoms with E-state index < -0.39 is 0 Å². The minimum atomic E-state index is 0.692. The van der Waals surface area contributed by atoms with Gasteiger partial charge in [-0.25, -0.2) is 0 Å². The lowest BCUT2D eigenvalue weighted by molar-refractivity contribution is 0.435. The van der Waals surface area contributed by atoms with Crippen molar-refractivity contribution in [3.63, 3.8) is 0 Å². The molecule has 0 bridgehead atoms. The molecule has 0 aliphatic heterocycles. The van der Waals surface area contributed by atoms with Crippen LogP contribution in [0, 0.1) is 11.8 Å². The molecule has 0 aromatic carbocycles. The minimum absolute atomic E-state index is 0.692. The number of rotatable bonds is 4. The van der Waals surface area contributed by atoms with Crippen molar-refractivity contribution in [1.82, 2.24) is 0 Å². The van der Waals surface area contributed by atoms with Gasteiger partial charge in [0.2, 0.25) is 0 Å². The van der Waals surface area contributed by atoms with Crippen molar-refractivity contribution in [2.75, 3.05) is 0 Å². The smallest absolute Gasteiger partial charge is 0.00101 e. The van der Waals surface area contributed by atoms with Gasteiger partial charge in [-0.1, -0.05) is 27.4 Å². The zero-order chi connectivity index (χ0) is 8.15. The van der Waals surface area contributed by atoms with E-state index in [9.17, 15) is 0 Å². The van der Waals surface area contributed by atoms with Gasteiger partial charge in [0.15, 0.2) is 0 Å². The van der Waals surface area contributed by atoms with E-state index in [1.807, 2.05) is 0 Å². The normalized spacial score (nSPS) is 13.6. The number of hydrogen-bond acceptors (Lipinski definition) is 1. The second-order valence-corrected chi connectivity index (χ2v) is 3.60. The van der Waals surface area contributed by atoms with Crippen LogP contribution in [0.3, 0.4) is 0 Å². The predicted molar refractivity (Wildman–Crippen MR) is 46.6 cm³/mol. The summed E-state index contributed by atoms with van der Waals surface area (Å²) in [5, 5.41) is 0. The molecule has 0 saturated carbocycles. The van der Waals surface area contributed by atoms with Gasteiger partial charge in [-0.05, 0) is 24.7 Å². The lowest BCUT2D eigenvalue weighted by atomic mass is 9.95. The quantitative estimate of drug-likeness (QED) is 0.639. The van der Waals surface area contributed by atoms with E-state index >= 15 is 0 Å². The average molecular weight is 141 g/mol. The minimum Gasteiger partial charge on any atom is -0.403 e. The van der Waals surface area contributed by atoms with Crippen LogP contribution >= 0.6 is 0 Å². The lowest BCUT2D eigenvalue weighted by Gasteiger charge is -2.12. The van der Waals surface area contributed by atoms with E-state index in [-0.39, 0.29) is 0 Å². The summed E-state index contributed by atoms with van der Waals surface area (Å²) in [6, 6.07) is 0. The van der Waals surface area contributed by atoms with Gasteiger partial charge in [0.1, 0.15) is 0 Å². The third-order valence-electron chi connectivity index (χ3n) is 1.48. The highest BCUT2D eigenvalue weighted by Gasteiger charge is 2.04. The van der Waals surface area contributed by atoms with Gasteiger partial charge in [0.05, 0.1) is 0 Å². The van der Waals surface area contributed by atoms with Crippen LogP contribution in [-0.2, 0) is 0 Å². The van der Waals surface area contributed by atoms with Crippen LogP contribution in [0.5, 0.6) is 0 Å². The number of allylic oxidation sites excluding steroid dienone is 1. The summed E-state index contributed by atoms with van der Waals surface area (Å²) in [7, 11) is 0. The Bertz CT molecular complexity index is 105. The fourth-order valence-electron chi connectivity index (χ4n) is 1.34. The van der Waals surface area contributed by atoms with Gasteiger partial charge in [-0.15, -0.1) is 0 Å². The molecular formula is C9H19N. The lowest BCUT2D eigenvalue weighted by Crippen LogP contribution is -2.05. The van der Waals surface area contributed by atoms with Crippen LogP contribution in [0.15, 0.2) is 12.3 Å². The van der Waals surface area contributed by atoms with Crippen LogP contribution in [0.25, 0.3) is 0 Å². The maximum absolute atomic E-state index is 5.47. The largest absolute Gasteiger partial charge is 0.403 e. The molecule has 0 aliphatic carbocycles. The Morgan fingerprint density at radius 3 is 2.20 bits per heavy atom. The van der Waals surface area contributed by atoms with Crippen molar-refractivity contribution >= 4 is 0 Å². The highest BCUT2D eigenvalue weighted by molar-refractivity contribution is 4.87. The van der Waals surface area contributed by atoms with Gasteiger partial charge < -0.3 is 5.73 Å². The van der Waals surface area contributed by atoms with Crippen LogP contribution < -0.4 is 5.73 Å². The first kappa shape index (κ1) is 9.54. The first-order valence-electron chi connectivity index (χ1n) is 3.95. The van der Waals surface area contributed by atoms with Crippen molar-refractivity contribution < 1.29 is 0 Å². The van der Waals surface area contributed by atoms with Crippen molar-refractivity contribution in [2.24, 2.45) is 17.6 Å². The van der Waals surface area contributed by atoms with E-state index in [1.165, 1.54) is 6.42 Å². The van der Waals surface area contributed by atoms with Crippen LogP contribution in [0.1, 0.15) is 33.6 Å². The summed E-state index contributed by atoms with van der Waals surface area (Å²) in [6.45, 7) is 10.4. The molecule has 0 rings (SSSR count). The Balaban J connectivity index is 3.43. The zero-order valence-corrected chi connectivity index (χ0v) is 7.35. The highest BCUT2D eigenvalue weighted by atomic mass is 14.6. The Hall–Kier alpha value is -0.460. The first-order chi connectivity index (χ1) is 4.52. The average Bonchev–Trinajstić information content (AvgIpc) is 1.58. The standard InChI is InChI=1S/C9H19N/c1-7(2)5-8(3)6-9(4)10/h7-8H,4-6,10H2,1-3H3. The second kappa shape index (κ2) is 4.37. The molecule has 1 nitrogen and oxygen atoms in total. The van der Waals surface area contributed by atoms with Crippen molar-refractivity contribution in [3.05, 3.63) is 12.3 Å². The summed E-state index contributed by atoms with van der Waals surface area (Å²) < 4.78 is 0. The van der Waals surface area contributed by atoms with E-state index in [0.717, 1.165) is 18.0 Å². The summed E-state index contributed by atoms with van der Waals surface area (Å²) in [4.78, 5) is 0. The zero-order valence-electron chi connectivity index (χ0n) is 7.35. The molecule has 0 saturated heterocycles. The Labute approximate surface area is 64.3 Å². The second-order valence-electron chi connectivity index (χ2n) is 3.60. The third-order valence-corrected chi connectivity index (χ3v) is 1.48. The molecule has 0 aromatic rings. The van der Waals surface area contributed by atoms with Crippen LogP contribution in [-0.4, -0.2) is 0 Å². The molecule has 0 radical (unpaired) electrons. The monoisotopic (exact) mass is 141 g/mol. The molecule has 0 aromatic heterocycles.